The molecule has 0 atom stereocenters. The van der Waals surface area contributed by atoms with Gasteiger partial charge in [0.05, 0.1) is 11.3 Å². The van der Waals surface area contributed by atoms with E-state index in [9.17, 15) is 4.79 Å². The van der Waals surface area contributed by atoms with Crippen LogP contribution in [0.1, 0.15) is 30.1 Å². The maximum absolute atomic E-state index is 12.1. The summed E-state index contributed by atoms with van der Waals surface area (Å²) in [7, 11) is 0. The standard InChI is InChI=1S/C15H22N2O3/c1-2-9-19-10-4-7-17-15(18)12-5-3-6-13-14(12)20-11-8-16-13/h3,5-6,16H,2,4,7-11H2,1H3,(H,17,18). The summed E-state index contributed by atoms with van der Waals surface area (Å²) in [6.07, 6.45) is 1.84. The second-order valence-corrected chi connectivity index (χ2v) is 4.68. The molecule has 5 nitrogen and oxygen atoms in total. The molecule has 0 saturated carbocycles. The molecule has 1 heterocycles. The van der Waals surface area contributed by atoms with Gasteiger partial charge in [0.15, 0.2) is 5.75 Å². The number of ether oxygens (including phenoxy) is 2. The number of carbonyl (C=O) groups excluding carboxylic acids is 1. The Labute approximate surface area is 119 Å². The van der Waals surface area contributed by atoms with Crippen molar-refractivity contribution in [3.05, 3.63) is 23.8 Å². The molecule has 1 aliphatic heterocycles. The summed E-state index contributed by atoms with van der Waals surface area (Å²) >= 11 is 0. The van der Waals surface area contributed by atoms with E-state index in [0.717, 1.165) is 31.7 Å². The minimum absolute atomic E-state index is 0.0963. The van der Waals surface area contributed by atoms with Crippen LogP contribution in [-0.4, -0.2) is 38.8 Å². The van der Waals surface area contributed by atoms with E-state index < -0.39 is 0 Å². The van der Waals surface area contributed by atoms with Crippen molar-refractivity contribution in [2.45, 2.75) is 19.8 Å². The molecule has 0 unspecified atom stereocenters. The van der Waals surface area contributed by atoms with Crippen molar-refractivity contribution in [1.82, 2.24) is 5.32 Å². The first-order valence-electron chi connectivity index (χ1n) is 7.18. The highest BCUT2D eigenvalue weighted by molar-refractivity contribution is 5.98. The summed E-state index contributed by atoms with van der Waals surface area (Å²) in [6, 6.07) is 5.57. The van der Waals surface area contributed by atoms with Gasteiger partial charge in [-0.25, -0.2) is 0 Å². The van der Waals surface area contributed by atoms with Gasteiger partial charge in [-0.05, 0) is 25.0 Å². The Morgan fingerprint density at radius 2 is 2.35 bits per heavy atom. The number of hydrogen-bond acceptors (Lipinski definition) is 4. The van der Waals surface area contributed by atoms with Crippen molar-refractivity contribution in [1.29, 1.82) is 0 Å². The number of carbonyl (C=O) groups is 1. The predicted octanol–water partition coefficient (Wildman–Crippen LogP) is 2.04. The molecule has 0 aliphatic carbocycles. The number of anilines is 1. The van der Waals surface area contributed by atoms with Crippen molar-refractivity contribution in [3.63, 3.8) is 0 Å². The van der Waals surface area contributed by atoms with Crippen LogP contribution in [0.5, 0.6) is 5.75 Å². The van der Waals surface area contributed by atoms with Gasteiger partial charge >= 0.3 is 0 Å². The number of para-hydroxylation sites is 1. The third kappa shape index (κ3) is 3.87. The van der Waals surface area contributed by atoms with Crippen molar-refractivity contribution in [2.24, 2.45) is 0 Å². The molecule has 20 heavy (non-hydrogen) atoms. The number of rotatable bonds is 7. The first-order chi connectivity index (χ1) is 9.83. The smallest absolute Gasteiger partial charge is 0.255 e. The Bertz CT molecular complexity index is 449. The fraction of sp³-hybridized carbons (Fsp3) is 0.533. The highest BCUT2D eigenvalue weighted by Gasteiger charge is 2.18. The van der Waals surface area contributed by atoms with Crippen LogP contribution >= 0.6 is 0 Å². The second kappa shape index (κ2) is 7.75. The van der Waals surface area contributed by atoms with Crippen LogP contribution in [-0.2, 0) is 4.74 Å². The highest BCUT2D eigenvalue weighted by atomic mass is 16.5. The number of fused-ring (bicyclic) bond motifs is 1. The molecule has 5 heteroatoms. The first kappa shape index (κ1) is 14.7. The van der Waals surface area contributed by atoms with Gasteiger partial charge in [0.1, 0.15) is 6.61 Å². The third-order valence-corrected chi connectivity index (χ3v) is 3.02. The van der Waals surface area contributed by atoms with E-state index in [0.29, 0.717) is 31.1 Å². The fourth-order valence-corrected chi connectivity index (χ4v) is 2.07. The van der Waals surface area contributed by atoms with Crippen LogP contribution < -0.4 is 15.4 Å². The van der Waals surface area contributed by atoms with Crippen molar-refractivity contribution < 1.29 is 14.3 Å². The number of nitrogens with one attached hydrogen (secondary N) is 2. The summed E-state index contributed by atoms with van der Waals surface area (Å²) < 4.78 is 11.0. The number of hydrogen-bond donors (Lipinski definition) is 2. The summed E-state index contributed by atoms with van der Waals surface area (Å²) in [4.78, 5) is 12.1. The Morgan fingerprint density at radius 1 is 1.45 bits per heavy atom. The van der Waals surface area contributed by atoms with Crippen LogP contribution in [0.25, 0.3) is 0 Å². The van der Waals surface area contributed by atoms with Crippen molar-refractivity contribution in [2.75, 3.05) is 38.2 Å². The summed E-state index contributed by atoms with van der Waals surface area (Å²) in [5.74, 6) is 0.555. The van der Waals surface area contributed by atoms with Crippen LogP contribution in [0.2, 0.25) is 0 Å². The van der Waals surface area contributed by atoms with Gasteiger partial charge in [0, 0.05) is 26.3 Å². The maximum atomic E-state index is 12.1. The zero-order valence-electron chi connectivity index (χ0n) is 11.9. The largest absolute Gasteiger partial charge is 0.489 e. The Kier molecular flexibility index (Phi) is 5.68. The fourth-order valence-electron chi connectivity index (χ4n) is 2.07. The van der Waals surface area contributed by atoms with Gasteiger partial charge < -0.3 is 20.1 Å². The molecule has 1 amide bonds. The molecule has 110 valence electrons. The molecule has 0 fully saturated rings. The van der Waals surface area contributed by atoms with Gasteiger partial charge in [0.25, 0.3) is 5.91 Å². The first-order valence-corrected chi connectivity index (χ1v) is 7.18. The average Bonchev–Trinajstić information content (AvgIpc) is 2.50. The van der Waals surface area contributed by atoms with E-state index in [1.807, 2.05) is 12.1 Å². The molecule has 1 aliphatic rings. The molecule has 2 rings (SSSR count). The maximum Gasteiger partial charge on any atom is 0.255 e. The van der Waals surface area contributed by atoms with Crippen molar-refractivity contribution in [3.8, 4) is 5.75 Å². The summed E-state index contributed by atoms with van der Waals surface area (Å²) in [5, 5.41) is 6.12. The lowest BCUT2D eigenvalue weighted by Crippen LogP contribution is -2.27. The van der Waals surface area contributed by atoms with Gasteiger partial charge in [-0.2, -0.15) is 0 Å². The molecule has 1 aromatic carbocycles. The molecule has 0 spiro atoms. The van der Waals surface area contributed by atoms with Gasteiger partial charge in [0.2, 0.25) is 0 Å². The molecule has 0 saturated heterocycles. The highest BCUT2D eigenvalue weighted by Crippen LogP contribution is 2.30. The second-order valence-electron chi connectivity index (χ2n) is 4.68. The summed E-state index contributed by atoms with van der Waals surface area (Å²) in [5.41, 5.74) is 1.47. The average molecular weight is 278 g/mol. The lowest BCUT2D eigenvalue weighted by Gasteiger charge is -2.21. The Hall–Kier alpha value is -1.75. The topological polar surface area (TPSA) is 59.6 Å². The van der Waals surface area contributed by atoms with Crippen LogP contribution in [0.15, 0.2) is 18.2 Å². The molecule has 0 aromatic heterocycles. The quantitative estimate of drug-likeness (QED) is 0.749. The molecular formula is C15H22N2O3. The zero-order chi connectivity index (χ0) is 14.2. The van der Waals surface area contributed by atoms with Crippen LogP contribution in [0, 0.1) is 0 Å². The van der Waals surface area contributed by atoms with Crippen LogP contribution in [0.3, 0.4) is 0 Å². The molecule has 0 bridgehead atoms. The van der Waals surface area contributed by atoms with E-state index in [2.05, 4.69) is 17.6 Å². The minimum atomic E-state index is -0.0963. The zero-order valence-corrected chi connectivity index (χ0v) is 11.9. The van der Waals surface area contributed by atoms with Gasteiger partial charge in [-0.15, -0.1) is 0 Å². The van der Waals surface area contributed by atoms with E-state index in [1.54, 1.807) is 6.07 Å². The number of benzene rings is 1. The molecule has 1 aromatic rings. The normalized spacial score (nSPS) is 13.1. The van der Waals surface area contributed by atoms with E-state index in [1.165, 1.54) is 0 Å². The van der Waals surface area contributed by atoms with Gasteiger partial charge in [-0.3, -0.25) is 4.79 Å². The Balaban J connectivity index is 1.83. The molecular weight excluding hydrogens is 256 g/mol. The van der Waals surface area contributed by atoms with E-state index in [4.69, 9.17) is 9.47 Å². The van der Waals surface area contributed by atoms with E-state index in [-0.39, 0.29) is 5.91 Å². The summed E-state index contributed by atoms with van der Waals surface area (Å²) in [6.45, 7) is 5.50. The lowest BCUT2D eigenvalue weighted by molar-refractivity contribution is 0.0937. The van der Waals surface area contributed by atoms with Crippen LogP contribution in [0.4, 0.5) is 5.69 Å². The monoisotopic (exact) mass is 278 g/mol. The lowest BCUT2D eigenvalue weighted by atomic mass is 10.1. The van der Waals surface area contributed by atoms with Gasteiger partial charge in [-0.1, -0.05) is 13.0 Å². The number of amides is 1. The van der Waals surface area contributed by atoms with Crippen molar-refractivity contribution >= 4 is 11.6 Å². The van der Waals surface area contributed by atoms with E-state index >= 15 is 0 Å². The molecule has 2 N–H and O–H groups in total. The SMILES string of the molecule is CCCOCCCNC(=O)c1cccc2c1OCCN2. The Morgan fingerprint density at radius 3 is 3.20 bits per heavy atom. The third-order valence-electron chi connectivity index (χ3n) is 3.02. The predicted molar refractivity (Wildman–Crippen MR) is 78.5 cm³/mol. The molecule has 0 radical (unpaired) electrons. The minimum Gasteiger partial charge on any atom is -0.489 e.